The number of hydrogen-bond donors (Lipinski definition) is 0. The number of carbonyl (C=O) groups excluding carboxylic acids is 1. The maximum atomic E-state index is 12.8. The van der Waals surface area contributed by atoms with Crippen molar-refractivity contribution >= 4 is 11.6 Å². The van der Waals surface area contributed by atoms with Crippen LogP contribution in [0.25, 0.3) is 0 Å². The van der Waals surface area contributed by atoms with Crippen molar-refractivity contribution in [2.75, 3.05) is 25.0 Å². The number of aryl methyl sites for hydroxylation is 1. The molecule has 1 aliphatic heterocycles. The van der Waals surface area contributed by atoms with Crippen molar-refractivity contribution < 1.29 is 4.79 Å². The lowest BCUT2D eigenvalue weighted by Crippen LogP contribution is -2.44. The van der Waals surface area contributed by atoms with E-state index in [1.165, 1.54) is 4.68 Å². The Morgan fingerprint density at radius 3 is 2.80 bits per heavy atom. The highest BCUT2D eigenvalue weighted by atomic mass is 16.2. The molecule has 0 N–H and O–H groups in total. The van der Waals surface area contributed by atoms with Crippen LogP contribution in [0.3, 0.4) is 0 Å². The Morgan fingerprint density at radius 2 is 2.08 bits per heavy atom. The summed E-state index contributed by atoms with van der Waals surface area (Å²) in [5, 5.41) is 4.08. The fourth-order valence-corrected chi connectivity index (χ4v) is 3.29. The lowest BCUT2D eigenvalue weighted by atomic mass is 9.96. The number of benzene rings is 1. The van der Waals surface area contributed by atoms with Crippen molar-refractivity contribution in [2.45, 2.75) is 19.4 Å². The molecule has 2 aromatic rings. The van der Waals surface area contributed by atoms with Crippen LogP contribution in [0.1, 0.15) is 18.4 Å². The van der Waals surface area contributed by atoms with E-state index in [9.17, 15) is 9.59 Å². The van der Waals surface area contributed by atoms with Crippen LogP contribution >= 0.6 is 0 Å². The van der Waals surface area contributed by atoms with Crippen LogP contribution in [-0.4, -0.2) is 40.7 Å². The van der Waals surface area contributed by atoms with Gasteiger partial charge in [0.15, 0.2) is 0 Å². The third-order valence-electron chi connectivity index (χ3n) is 4.73. The molecular weight excluding hydrogens is 316 g/mol. The minimum atomic E-state index is -0.132. The molecule has 2 heterocycles. The SMILES string of the molecule is CN(Cc1ccccc1)C(=O)C1CCCN(c2cnn(C)c(=O)c2)C1. The molecule has 1 unspecified atom stereocenters. The highest BCUT2D eigenvalue weighted by Crippen LogP contribution is 2.23. The fraction of sp³-hybridized carbons (Fsp3) is 0.421. The van der Waals surface area contributed by atoms with Crippen LogP contribution in [0, 0.1) is 5.92 Å². The topological polar surface area (TPSA) is 58.4 Å². The monoisotopic (exact) mass is 340 g/mol. The maximum absolute atomic E-state index is 12.8. The van der Waals surface area contributed by atoms with E-state index in [4.69, 9.17) is 0 Å². The van der Waals surface area contributed by atoms with Gasteiger partial charge in [0.1, 0.15) is 0 Å². The van der Waals surface area contributed by atoms with Crippen LogP contribution in [0.4, 0.5) is 5.69 Å². The van der Waals surface area contributed by atoms with Gasteiger partial charge in [0.2, 0.25) is 5.91 Å². The van der Waals surface area contributed by atoms with E-state index < -0.39 is 0 Å². The van der Waals surface area contributed by atoms with Crippen molar-refractivity contribution in [3.63, 3.8) is 0 Å². The van der Waals surface area contributed by atoms with Crippen LogP contribution in [-0.2, 0) is 18.4 Å². The highest BCUT2D eigenvalue weighted by molar-refractivity contribution is 5.79. The van der Waals surface area contributed by atoms with E-state index in [1.807, 2.05) is 37.4 Å². The number of hydrogen-bond acceptors (Lipinski definition) is 4. The van der Waals surface area contributed by atoms with Crippen LogP contribution in [0.5, 0.6) is 0 Å². The quantitative estimate of drug-likeness (QED) is 0.849. The Hall–Kier alpha value is -2.63. The number of piperidine rings is 1. The molecule has 1 saturated heterocycles. The van der Waals surface area contributed by atoms with E-state index in [2.05, 4.69) is 10.00 Å². The lowest BCUT2D eigenvalue weighted by Gasteiger charge is -2.35. The molecule has 25 heavy (non-hydrogen) atoms. The van der Waals surface area contributed by atoms with Crippen LogP contribution in [0.2, 0.25) is 0 Å². The normalized spacial score (nSPS) is 17.4. The molecule has 1 atom stereocenters. The van der Waals surface area contributed by atoms with Gasteiger partial charge in [-0.05, 0) is 18.4 Å². The second-order valence-electron chi connectivity index (χ2n) is 6.64. The first-order chi connectivity index (χ1) is 12.0. The lowest BCUT2D eigenvalue weighted by molar-refractivity contribution is -0.135. The second kappa shape index (κ2) is 7.51. The Bertz CT molecular complexity index is 788. The predicted octanol–water partition coefficient (Wildman–Crippen LogP) is 1.66. The van der Waals surface area contributed by atoms with Gasteiger partial charge in [0.25, 0.3) is 5.56 Å². The summed E-state index contributed by atoms with van der Waals surface area (Å²) in [6, 6.07) is 11.6. The number of nitrogens with zero attached hydrogens (tertiary/aromatic N) is 4. The predicted molar refractivity (Wildman–Crippen MR) is 97.3 cm³/mol. The van der Waals surface area contributed by atoms with Gasteiger partial charge in [-0.3, -0.25) is 9.59 Å². The summed E-state index contributed by atoms with van der Waals surface area (Å²) in [6.07, 6.45) is 3.51. The van der Waals surface area contributed by atoms with E-state index in [1.54, 1.807) is 24.2 Å². The molecule has 0 radical (unpaired) electrons. The molecule has 1 aromatic heterocycles. The van der Waals surface area contributed by atoms with E-state index in [-0.39, 0.29) is 17.4 Å². The minimum absolute atomic E-state index is 0.0495. The molecular formula is C19H24N4O2. The average molecular weight is 340 g/mol. The Labute approximate surface area is 147 Å². The summed E-state index contributed by atoms with van der Waals surface area (Å²) in [4.78, 5) is 28.5. The number of carbonyl (C=O) groups is 1. The van der Waals surface area contributed by atoms with Gasteiger partial charge in [0, 0.05) is 39.8 Å². The molecule has 0 saturated carbocycles. The number of amides is 1. The summed E-state index contributed by atoms with van der Waals surface area (Å²) < 4.78 is 1.31. The van der Waals surface area contributed by atoms with Gasteiger partial charge >= 0.3 is 0 Å². The first-order valence-electron chi connectivity index (χ1n) is 8.62. The van der Waals surface area contributed by atoms with Gasteiger partial charge in [-0.25, -0.2) is 4.68 Å². The highest BCUT2D eigenvalue weighted by Gasteiger charge is 2.28. The molecule has 1 aliphatic rings. The first kappa shape index (κ1) is 17.2. The molecule has 0 aliphatic carbocycles. The molecule has 0 bridgehead atoms. The summed E-state index contributed by atoms with van der Waals surface area (Å²) in [5.41, 5.74) is 1.79. The Morgan fingerprint density at radius 1 is 1.32 bits per heavy atom. The molecule has 6 nitrogen and oxygen atoms in total. The van der Waals surface area contributed by atoms with Crippen molar-refractivity contribution in [1.29, 1.82) is 0 Å². The molecule has 3 rings (SSSR count). The Balaban J connectivity index is 1.66. The van der Waals surface area contributed by atoms with Crippen molar-refractivity contribution in [3.8, 4) is 0 Å². The maximum Gasteiger partial charge on any atom is 0.268 e. The van der Waals surface area contributed by atoms with E-state index >= 15 is 0 Å². The van der Waals surface area contributed by atoms with Gasteiger partial charge in [0.05, 0.1) is 17.8 Å². The molecule has 6 heteroatoms. The summed E-state index contributed by atoms with van der Waals surface area (Å²) in [7, 11) is 3.49. The first-order valence-corrected chi connectivity index (χ1v) is 8.62. The molecule has 1 aromatic carbocycles. The fourth-order valence-electron chi connectivity index (χ4n) is 3.29. The molecule has 0 spiro atoms. The standard InChI is InChI=1S/C19H24N4O2/c1-21(13-15-7-4-3-5-8-15)19(25)16-9-6-10-23(14-16)17-11-18(24)22(2)20-12-17/h3-5,7-8,11-12,16H,6,9-10,13-14H2,1-2H3. The van der Waals surface area contributed by atoms with Gasteiger partial charge in [-0.15, -0.1) is 0 Å². The molecule has 1 amide bonds. The minimum Gasteiger partial charge on any atom is -0.369 e. The number of rotatable bonds is 4. The van der Waals surface area contributed by atoms with E-state index in [0.29, 0.717) is 13.1 Å². The zero-order valence-corrected chi connectivity index (χ0v) is 14.8. The number of aromatic nitrogens is 2. The van der Waals surface area contributed by atoms with Crippen molar-refractivity contribution in [1.82, 2.24) is 14.7 Å². The third kappa shape index (κ3) is 4.07. The summed E-state index contributed by atoms with van der Waals surface area (Å²) >= 11 is 0. The van der Waals surface area contributed by atoms with Crippen molar-refractivity contribution in [3.05, 3.63) is 58.5 Å². The van der Waals surface area contributed by atoms with Crippen molar-refractivity contribution in [2.24, 2.45) is 13.0 Å². The van der Waals surface area contributed by atoms with Crippen LogP contribution in [0.15, 0.2) is 47.4 Å². The Kier molecular flexibility index (Phi) is 5.16. The van der Waals surface area contributed by atoms with Gasteiger partial charge < -0.3 is 9.80 Å². The smallest absolute Gasteiger partial charge is 0.268 e. The number of anilines is 1. The van der Waals surface area contributed by atoms with Gasteiger partial charge in [-0.2, -0.15) is 5.10 Å². The average Bonchev–Trinajstić information content (AvgIpc) is 2.64. The zero-order valence-electron chi connectivity index (χ0n) is 14.8. The van der Waals surface area contributed by atoms with Gasteiger partial charge in [-0.1, -0.05) is 30.3 Å². The van der Waals surface area contributed by atoms with E-state index in [0.717, 1.165) is 30.6 Å². The largest absolute Gasteiger partial charge is 0.369 e. The van der Waals surface area contributed by atoms with Crippen LogP contribution < -0.4 is 10.5 Å². The zero-order chi connectivity index (χ0) is 17.8. The molecule has 132 valence electrons. The molecule has 1 fully saturated rings. The summed E-state index contributed by atoms with van der Waals surface area (Å²) in [6.45, 7) is 2.09. The second-order valence-corrected chi connectivity index (χ2v) is 6.64. The summed E-state index contributed by atoms with van der Waals surface area (Å²) in [5.74, 6) is 0.108. The third-order valence-corrected chi connectivity index (χ3v) is 4.73.